The molecule has 3 rings (SSSR count). The zero-order valence-electron chi connectivity index (χ0n) is 29.9. The minimum absolute atomic E-state index is 0.0492. The summed E-state index contributed by atoms with van der Waals surface area (Å²) in [6, 6.07) is 0. The van der Waals surface area contributed by atoms with Crippen LogP contribution in [0.3, 0.4) is 0 Å². The number of aliphatic imine (C=N–C) groups is 1. The largest absolute Gasteiger partial charge is 0.384 e. The minimum atomic E-state index is -1.17. The Bertz CT molecular complexity index is 651. The molecule has 0 aromatic carbocycles. The highest BCUT2D eigenvalue weighted by Gasteiger charge is 2.44. The first-order valence-electron chi connectivity index (χ1n) is 17.2. The number of fused-ring (bicyclic) bond motifs is 3. The molecule has 2 bridgehead atoms. The number of nitrogens with one attached hydrogen (secondary N) is 1. The molecule has 2 aliphatic heterocycles. The van der Waals surface area contributed by atoms with Gasteiger partial charge in [0.1, 0.15) is 5.60 Å². The minimum Gasteiger partial charge on any atom is -0.384 e. The van der Waals surface area contributed by atoms with Crippen molar-refractivity contribution < 1.29 is 9.84 Å². The maximum Gasteiger partial charge on any atom is 0.106 e. The van der Waals surface area contributed by atoms with Crippen LogP contribution in [0.4, 0.5) is 0 Å². The van der Waals surface area contributed by atoms with Gasteiger partial charge in [0.25, 0.3) is 0 Å². The number of nitrogens with zero attached hydrogens (tertiary/aromatic N) is 1. The average molecular weight is 567 g/mol. The third-order valence-corrected chi connectivity index (χ3v) is 7.15. The summed E-state index contributed by atoms with van der Waals surface area (Å²) in [6.45, 7) is 34.7. The average Bonchev–Trinajstić information content (AvgIpc) is 3.50. The van der Waals surface area contributed by atoms with Crippen LogP contribution >= 0.6 is 0 Å². The summed E-state index contributed by atoms with van der Waals surface area (Å²) in [4.78, 5) is 4.89. The molecule has 0 aromatic rings. The highest BCUT2D eigenvalue weighted by Crippen LogP contribution is 2.41. The number of rotatable bonds is 2. The summed E-state index contributed by atoms with van der Waals surface area (Å²) in [5, 5.41) is 20.4. The fraction of sp³-hybridized carbons (Fsp3) is 0.833. The van der Waals surface area contributed by atoms with Crippen molar-refractivity contribution in [2.24, 2.45) is 22.7 Å². The lowest BCUT2D eigenvalue weighted by Gasteiger charge is -2.42. The molecule has 3 aliphatic rings. The maximum absolute atomic E-state index is 11.6. The third kappa shape index (κ3) is 15.1. The Hall–Kier alpha value is -1.26. The molecule has 1 unspecified atom stereocenters. The first kappa shape index (κ1) is 45.7. The van der Waals surface area contributed by atoms with Gasteiger partial charge in [-0.05, 0) is 71.1 Å². The van der Waals surface area contributed by atoms with Crippen LogP contribution in [0.2, 0.25) is 0 Å². The Kier molecular flexibility index (Phi) is 33.4. The van der Waals surface area contributed by atoms with Crippen molar-refractivity contribution >= 4 is 11.4 Å². The van der Waals surface area contributed by atoms with E-state index < -0.39 is 5.60 Å². The van der Waals surface area contributed by atoms with Gasteiger partial charge in [-0.25, -0.2) is 0 Å². The second-order valence-corrected chi connectivity index (χ2v) is 9.12. The Morgan fingerprint density at radius 3 is 1.82 bits per heavy atom. The molecule has 2 saturated heterocycles. The smallest absolute Gasteiger partial charge is 0.106 e. The highest BCUT2D eigenvalue weighted by molar-refractivity contribution is 5.94. The predicted octanol–water partition coefficient (Wildman–Crippen LogP) is 11.3. The lowest BCUT2D eigenvalue weighted by atomic mass is 9.66. The Morgan fingerprint density at radius 2 is 1.35 bits per heavy atom. The van der Waals surface area contributed by atoms with E-state index in [1.165, 1.54) is 11.3 Å². The van der Waals surface area contributed by atoms with E-state index in [0.717, 1.165) is 57.9 Å². The van der Waals surface area contributed by atoms with E-state index in [1.807, 2.05) is 96.1 Å². The van der Waals surface area contributed by atoms with Gasteiger partial charge in [-0.2, -0.15) is 0 Å². The first-order chi connectivity index (χ1) is 19.4. The topological polar surface area (TPSA) is 65.7 Å². The zero-order valence-corrected chi connectivity index (χ0v) is 29.9. The van der Waals surface area contributed by atoms with Crippen LogP contribution in [0.15, 0.2) is 29.3 Å². The van der Waals surface area contributed by atoms with Crippen LogP contribution in [0.25, 0.3) is 0 Å². The molecule has 4 nitrogen and oxygen atoms in total. The maximum atomic E-state index is 11.6. The molecular formula is C36H74N2O2. The second-order valence-electron chi connectivity index (χ2n) is 9.12. The number of allylic oxidation sites excluding steroid dienone is 2. The van der Waals surface area contributed by atoms with E-state index in [4.69, 9.17) is 15.1 Å². The van der Waals surface area contributed by atoms with Crippen molar-refractivity contribution in [1.82, 2.24) is 0 Å². The molecule has 4 heteroatoms. The zero-order chi connectivity index (χ0) is 32.3. The van der Waals surface area contributed by atoms with Crippen LogP contribution in [0.5, 0.6) is 0 Å². The van der Waals surface area contributed by atoms with Gasteiger partial charge in [0.2, 0.25) is 0 Å². The Morgan fingerprint density at radius 1 is 0.875 bits per heavy atom. The number of hydrogen-bond acceptors (Lipinski definition) is 4. The van der Waals surface area contributed by atoms with E-state index >= 15 is 0 Å². The monoisotopic (exact) mass is 567 g/mol. The van der Waals surface area contributed by atoms with Crippen LogP contribution in [0.1, 0.15) is 155 Å². The van der Waals surface area contributed by atoms with Gasteiger partial charge >= 0.3 is 0 Å². The molecule has 0 spiro atoms. The fourth-order valence-electron chi connectivity index (χ4n) is 5.39. The molecule has 0 radical (unpaired) electrons. The first-order valence-corrected chi connectivity index (χ1v) is 17.2. The Balaban J connectivity index is -0.000000478. The van der Waals surface area contributed by atoms with Crippen LogP contribution < -0.4 is 0 Å². The molecule has 0 saturated carbocycles. The van der Waals surface area contributed by atoms with Crippen molar-refractivity contribution in [2.75, 3.05) is 6.54 Å². The van der Waals surface area contributed by atoms with E-state index in [9.17, 15) is 5.11 Å². The van der Waals surface area contributed by atoms with Gasteiger partial charge < -0.3 is 15.3 Å². The van der Waals surface area contributed by atoms with Crippen molar-refractivity contribution in [1.29, 1.82) is 5.41 Å². The summed E-state index contributed by atoms with van der Waals surface area (Å²) in [5.74, 6) is 0.116. The van der Waals surface area contributed by atoms with Crippen LogP contribution in [-0.2, 0) is 4.74 Å². The van der Waals surface area contributed by atoms with Gasteiger partial charge in [0, 0.05) is 29.8 Å². The van der Waals surface area contributed by atoms with Crippen molar-refractivity contribution in [3.8, 4) is 0 Å². The normalized spacial score (nSPS) is 29.9. The lowest BCUT2D eigenvalue weighted by molar-refractivity contribution is 0.0349. The predicted molar refractivity (Wildman–Crippen MR) is 184 cm³/mol. The van der Waals surface area contributed by atoms with Crippen LogP contribution in [-0.4, -0.2) is 40.9 Å². The van der Waals surface area contributed by atoms with Gasteiger partial charge in [-0.1, -0.05) is 114 Å². The summed E-state index contributed by atoms with van der Waals surface area (Å²) >= 11 is 0. The molecule has 2 N–H and O–H groups in total. The summed E-state index contributed by atoms with van der Waals surface area (Å²) < 4.78 is 6.29. The van der Waals surface area contributed by atoms with Crippen molar-refractivity contribution in [2.45, 2.75) is 173 Å². The molecule has 0 amide bonds. The molecular weight excluding hydrogens is 492 g/mol. The summed E-state index contributed by atoms with van der Waals surface area (Å²) in [6.07, 6.45) is 12.8. The molecule has 1 aliphatic carbocycles. The van der Waals surface area contributed by atoms with Gasteiger partial charge in [-0.15, -0.1) is 0 Å². The molecule has 0 aromatic heterocycles. The standard InChI is InChI=1S/C24H38N2O2.6C2H6/c1-5-17-8-13-20-21(15-17)24(4,27)23(25)16(3)7-9-18-10-11-19(28-18)12-14-22(20)26-6-2;6*1-2/h5,15-16,18-21,25,27H,1,6-14H2,2-4H3;6*1-2H3/t16-,18+,19-,20-,21-,24?;;;;;;/m0....../s1. The summed E-state index contributed by atoms with van der Waals surface area (Å²) in [5.41, 5.74) is 1.68. The van der Waals surface area contributed by atoms with Gasteiger partial charge in [-0.3, -0.25) is 4.99 Å². The number of aliphatic hydroxyl groups is 1. The van der Waals surface area contributed by atoms with Crippen molar-refractivity contribution in [3.05, 3.63) is 24.3 Å². The molecule has 240 valence electrons. The van der Waals surface area contributed by atoms with Crippen LogP contribution in [0, 0.1) is 23.2 Å². The van der Waals surface area contributed by atoms with E-state index in [0.29, 0.717) is 17.9 Å². The van der Waals surface area contributed by atoms with Crippen molar-refractivity contribution in [3.63, 3.8) is 0 Å². The number of hydrogen-bond donors (Lipinski definition) is 2. The molecule has 2 heterocycles. The SMILES string of the molecule is C=CC1=C[C@H]2[C@H](CC1)C(=NCC)CC[C@@H]1CC[C@@H](CC[C@H](C)C(=N)C2(C)O)O1.CC.CC.CC.CC.CC.CC. The molecule has 40 heavy (non-hydrogen) atoms. The number of ether oxygens (including phenoxy) is 1. The Labute approximate surface area is 253 Å². The van der Waals surface area contributed by atoms with E-state index in [1.54, 1.807) is 0 Å². The third-order valence-electron chi connectivity index (χ3n) is 7.15. The highest BCUT2D eigenvalue weighted by atomic mass is 16.5. The van der Waals surface area contributed by atoms with E-state index in [-0.39, 0.29) is 17.8 Å². The quantitative estimate of drug-likeness (QED) is 0.349. The lowest BCUT2D eigenvalue weighted by Crippen LogP contribution is -2.50. The van der Waals surface area contributed by atoms with E-state index in [2.05, 4.69) is 26.5 Å². The second kappa shape index (κ2) is 29.2. The molecule has 6 atom stereocenters. The summed E-state index contributed by atoms with van der Waals surface area (Å²) in [7, 11) is 0. The fourth-order valence-corrected chi connectivity index (χ4v) is 5.39. The molecule has 2 fully saturated rings. The van der Waals surface area contributed by atoms with Gasteiger partial charge in [0.15, 0.2) is 0 Å². The van der Waals surface area contributed by atoms with Gasteiger partial charge in [0.05, 0.1) is 12.2 Å².